The zero-order chi connectivity index (χ0) is 19.5. The van der Waals surface area contributed by atoms with Gasteiger partial charge < -0.3 is 4.74 Å². The number of hydrogen-bond acceptors (Lipinski definition) is 4. The van der Waals surface area contributed by atoms with Gasteiger partial charge in [0, 0.05) is 10.4 Å². The van der Waals surface area contributed by atoms with Crippen molar-refractivity contribution >= 4 is 34.8 Å². The molecule has 140 valence electrons. The quantitative estimate of drug-likeness (QED) is 0.557. The third-order valence-corrected chi connectivity index (χ3v) is 5.18. The van der Waals surface area contributed by atoms with Gasteiger partial charge in [0.05, 0.1) is 12.3 Å². The number of amides is 1. The minimum absolute atomic E-state index is 0.130. The highest BCUT2D eigenvalue weighted by atomic mass is 32.1. The van der Waals surface area contributed by atoms with Crippen molar-refractivity contribution in [3.8, 4) is 5.75 Å². The molecule has 1 aliphatic rings. The molecule has 5 heteroatoms. The SMILES string of the molecule is CCOc1ccc(N2C(=O)/C(=C\c3cccs3)N=C2c2cccc(C)c2)cc1. The van der Waals surface area contributed by atoms with E-state index < -0.39 is 0 Å². The molecule has 0 spiro atoms. The van der Waals surface area contributed by atoms with E-state index in [1.54, 1.807) is 16.2 Å². The normalized spacial score (nSPS) is 15.2. The largest absolute Gasteiger partial charge is 0.494 e. The Morgan fingerprint density at radius 1 is 1.11 bits per heavy atom. The van der Waals surface area contributed by atoms with Crippen LogP contribution >= 0.6 is 11.3 Å². The van der Waals surface area contributed by atoms with Crippen LogP contribution < -0.4 is 9.64 Å². The predicted octanol–water partition coefficient (Wildman–Crippen LogP) is 5.29. The van der Waals surface area contributed by atoms with Gasteiger partial charge in [-0.05, 0) is 61.7 Å². The van der Waals surface area contributed by atoms with E-state index in [-0.39, 0.29) is 5.91 Å². The average Bonchev–Trinajstić information content (AvgIpc) is 3.32. The first-order valence-electron chi connectivity index (χ1n) is 9.14. The van der Waals surface area contributed by atoms with Crippen molar-refractivity contribution < 1.29 is 9.53 Å². The van der Waals surface area contributed by atoms with Crippen LogP contribution in [-0.4, -0.2) is 18.3 Å². The minimum atomic E-state index is -0.130. The van der Waals surface area contributed by atoms with Crippen LogP contribution in [0.1, 0.15) is 22.9 Å². The molecular weight excluding hydrogens is 368 g/mol. The number of benzene rings is 2. The summed E-state index contributed by atoms with van der Waals surface area (Å²) in [6.07, 6.45) is 1.84. The fourth-order valence-electron chi connectivity index (χ4n) is 3.10. The van der Waals surface area contributed by atoms with Crippen LogP contribution in [0.2, 0.25) is 0 Å². The molecule has 0 radical (unpaired) electrons. The van der Waals surface area contributed by atoms with Gasteiger partial charge in [-0.3, -0.25) is 9.69 Å². The number of rotatable bonds is 5. The number of thiophene rings is 1. The van der Waals surface area contributed by atoms with E-state index in [4.69, 9.17) is 9.73 Å². The zero-order valence-electron chi connectivity index (χ0n) is 15.8. The average molecular weight is 388 g/mol. The van der Waals surface area contributed by atoms with Crippen molar-refractivity contribution in [1.29, 1.82) is 0 Å². The van der Waals surface area contributed by atoms with Crippen molar-refractivity contribution in [2.24, 2.45) is 4.99 Å². The Labute approximate surface area is 168 Å². The molecule has 1 amide bonds. The van der Waals surface area contributed by atoms with Crippen LogP contribution in [0.25, 0.3) is 6.08 Å². The summed E-state index contributed by atoms with van der Waals surface area (Å²) in [5.41, 5.74) is 3.24. The van der Waals surface area contributed by atoms with E-state index >= 15 is 0 Å². The van der Waals surface area contributed by atoms with Crippen molar-refractivity contribution in [2.75, 3.05) is 11.5 Å². The fourth-order valence-corrected chi connectivity index (χ4v) is 3.75. The zero-order valence-corrected chi connectivity index (χ0v) is 16.6. The van der Waals surface area contributed by atoms with Crippen molar-refractivity contribution in [2.45, 2.75) is 13.8 Å². The van der Waals surface area contributed by atoms with E-state index in [1.165, 1.54) is 0 Å². The Hall–Kier alpha value is -3.18. The number of carbonyl (C=O) groups excluding carboxylic acids is 1. The van der Waals surface area contributed by atoms with Gasteiger partial charge >= 0.3 is 0 Å². The molecule has 0 unspecified atom stereocenters. The standard InChI is InChI=1S/C23H20N2O2S/c1-3-27-19-11-9-18(10-12-19)25-22(17-7-4-6-16(2)14-17)24-21(23(25)26)15-20-8-5-13-28-20/h4-15H,3H2,1-2H3/b21-15+. The van der Waals surface area contributed by atoms with Crippen LogP contribution in [0.15, 0.2) is 76.7 Å². The van der Waals surface area contributed by atoms with Crippen LogP contribution in [-0.2, 0) is 4.79 Å². The maximum absolute atomic E-state index is 13.2. The summed E-state index contributed by atoms with van der Waals surface area (Å²) in [5, 5.41) is 1.99. The molecule has 0 bridgehead atoms. The second-order valence-electron chi connectivity index (χ2n) is 6.42. The molecule has 4 rings (SSSR count). The van der Waals surface area contributed by atoms with E-state index in [0.29, 0.717) is 18.1 Å². The Kier molecular flexibility index (Phi) is 5.08. The minimum Gasteiger partial charge on any atom is -0.494 e. The van der Waals surface area contributed by atoms with Gasteiger partial charge in [-0.2, -0.15) is 0 Å². The van der Waals surface area contributed by atoms with Crippen LogP contribution in [0.3, 0.4) is 0 Å². The summed E-state index contributed by atoms with van der Waals surface area (Å²) in [4.78, 5) is 20.6. The second kappa shape index (κ2) is 7.82. The van der Waals surface area contributed by atoms with Gasteiger partial charge in [0.15, 0.2) is 0 Å². The van der Waals surface area contributed by atoms with E-state index in [0.717, 1.165) is 27.4 Å². The molecule has 28 heavy (non-hydrogen) atoms. The maximum Gasteiger partial charge on any atom is 0.282 e. The topological polar surface area (TPSA) is 41.9 Å². The highest BCUT2D eigenvalue weighted by molar-refractivity contribution is 7.10. The smallest absolute Gasteiger partial charge is 0.282 e. The number of ether oxygens (including phenoxy) is 1. The molecule has 0 atom stereocenters. The first-order chi connectivity index (χ1) is 13.7. The van der Waals surface area contributed by atoms with Crippen LogP contribution in [0, 0.1) is 6.92 Å². The lowest BCUT2D eigenvalue weighted by atomic mass is 10.1. The van der Waals surface area contributed by atoms with Crippen LogP contribution in [0.5, 0.6) is 5.75 Å². The van der Waals surface area contributed by atoms with Gasteiger partial charge in [-0.25, -0.2) is 4.99 Å². The summed E-state index contributed by atoms with van der Waals surface area (Å²) < 4.78 is 5.53. The monoisotopic (exact) mass is 388 g/mol. The molecule has 0 N–H and O–H groups in total. The van der Waals surface area contributed by atoms with Gasteiger partial charge in [0.2, 0.25) is 0 Å². The second-order valence-corrected chi connectivity index (χ2v) is 7.40. The van der Waals surface area contributed by atoms with Gasteiger partial charge in [-0.15, -0.1) is 11.3 Å². The number of nitrogens with zero attached hydrogens (tertiary/aromatic N) is 2. The molecule has 2 aromatic carbocycles. The van der Waals surface area contributed by atoms with Crippen molar-refractivity contribution in [3.05, 3.63) is 87.7 Å². The highest BCUT2D eigenvalue weighted by Gasteiger charge is 2.32. The molecule has 0 fully saturated rings. The Balaban J connectivity index is 1.78. The van der Waals surface area contributed by atoms with E-state index in [1.807, 2.05) is 86.0 Å². The lowest BCUT2D eigenvalue weighted by Crippen LogP contribution is -2.32. The number of aliphatic imine (C=N–C) groups is 1. The Bertz CT molecular complexity index is 1050. The molecule has 0 aliphatic carbocycles. The summed E-state index contributed by atoms with van der Waals surface area (Å²) in [6, 6.07) is 19.5. The maximum atomic E-state index is 13.2. The molecule has 0 saturated carbocycles. The fraction of sp³-hybridized carbons (Fsp3) is 0.130. The Morgan fingerprint density at radius 3 is 2.61 bits per heavy atom. The van der Waals surface area contributed by atoms with Gasteiger partial charge in [0.25, 0.3) is 5.91 Å². The molecule has 2 heterocycles. The number of hydrogen-bond donors (Lipinski definition) is 0. The number of anilines is 1. The number of aryl methyl sites for hydroxylation is 1. The van der Waals surface area contributed by atoms with E-state index in [9.17, 15) is 4.79 Å². The summed E-state index contributed by atoms with van der Waals surface area (Å²) in [5.74, 6) is 1.29. The molecule has 1 aliphatic heterocycles. The first-order valence-corrected chi connectivity index (χ1v) is 10.0. The molecular formula is C23H20N2O2S. The van der Waals surface area contributed by atoms with Crippen molar-refractivity contribution in [3.63, 3.8) is 0 Å². The lowest BCUT2D eigenvalue weighted by molar-refractivity contribution is -0.113. The number of amidine groups is 1. The van der Waals surface area contributed by atoms with Crippen LogP contribution in [0.4, 0.5) is 5.69 Å². The summed E-state index contributed by atoms with van der Waals surface area (Å²) in [6.45, 7) is 4.58. The van der Waals surface area contributed by atoms with Gasteiger partial charge in [-0.1, -0.05) is 29.8 Å². The first kappa shape index (κ1) is 18.2. The molecule has 1 aromatic heterocycles. The molecule has 3 aromatic rings. The molecule has 0 saturated heterocycles. The number of carbonyl (C=O) groups is 1. The third-order valence-electron chi connectivity index (χ3n) is 4.36. The molecule has 4 nitrogen and oxygen atoms in total. The summed E-state index contributed by atoms with van der Waals surface area (Å²) in [7, 11) is 0. The Morgan fingerprint density at radius 2 is 1.93 bits per heavy atom. The summed E-state index contributed by atoms with van der Waals surface area (Å²) >= 11 is 1.58. The third kappa shape index (κ3) is 3.62. The predicted molar refractivity (Wildman–Crippen MR) is 115 cm³/mol. The highest BCUT2D eigenvalue weighted by Crippen LogP contribution is 2.30. The van der Waals surface area contributed by atoms with E-state index in [2.05, 4.69) is 0 Å². The van der Waals surface area contributed by atoms with Crippen molar-refractivity contribution in [1.82, 2.24) is 0 Å². The van der Waals surface area contributed by atoms with Gasteiger partial charge in [0.1, 0.15) is 17.3 Å². The lowest BCUT2D eigenvalue weighted by Gasteiger charge is -2.19.